The second kappa shape index (κ2) is 9.15. The van der Waals surface area contributed by atoms with Crippen LogP contribution in [0.25, 0.3) is 0 Å². The molecule has 0 aromatic heterocycles. The van der Waals surface area contributed by atoms with Crippen molar-refractivity contribution >= 4 is 11.8 Å². The highest BCUT2D eigenvalue weighted by atomic mass is 16.5. The lowest BCUT2D eigenvalue weighted by Gasteiger charge is -2.17. The van der Waals surface area contributed by atoms with Gasteiger partial charge in [-0.3, -0.25) is 9.59 Å². The lowest BCUT2D eigenvalue weighted by molar-refractivity contribution is -0.127. The summed E-state index contributed by atoms with van der Waals surface area (Å²) in [6, 6.07) is 6.77. The third kappa shape index (κ3) is 6.28. The van der Waals surface area contributed by atoms with E-state index in [9.17, 15) is 9.59 Å². The van der Waals surface area contributed by atoms with Gasteiger partial charge in [-0.15, -0.1) is 0 Å². The third-order valence-electron chi connectivity index (χ3n) is 3.49. The molecule has 0 aliphatic carbocycles. The molecule has 4 N–H and O–H groups in total. The first-order chi connectivity index (χ1) is 10.8. The maximum atomic E-state index is 11.9. The molecule has 0 heterocycles. The van der Waals surface area contributed by atoms with Gasteiger partial charge in [-0.2, -0.15) is 0 Å². The fraction of sp³-hybridized carbons (Fsp3) is 0.529. The Morgan fingerprint density at radius 2 is 1.96 bits per heavy atom. The minimum Gasteiger partial charge on any atom is -0.494 e. The zero-order valence-electron chi connectivity index (χ0n) is 14.3. The first-order valence-electron chi connectivity index (χ1n) is 7.90. The van der Waals surface area contributed by atoms with Crippen LogP contribution < -0.4 is 21.1 Å². The minimum atomic E-state index is -0.608. The van der Waals surface area contributed by atoms with Gasteiger partial charge in [0.15, 0.2) is 0 Å². The van der Waals surface area contributed by atoms with Gasteiger partial charge in [-0.25, -0.2) is 0 Å². The number of nitrogens with two attached hydrogens (primary N) is 1. The highest BCUT2D eigenvalue weighted by Gasteiger charge is 2.18. The highest BCUT2D eigenvalue weighted by Crippen LogP contribution is 2.18. The Morgan fingerprint density at radius 1 is 1.26 bits per heavy atom. The van der Waals surface area contributed by atoms with Crippen molar-refractivity contribution < 1.29 is 14.3 Å². The summed E-state index contributed by atoms with van der Waals surface area (Å²) in [5.74, 6) is 0.213. The molecule has 0 fully saturated rings. The summed E-state index contributed by atoms with van der Waals surface area (Å²) in [4.78, 5) is 23.7. The van der Waals surface area contributed by atoms with Crippen LogP contribution in [0.3, 0.4) is 0 Å². The molecule has 0 spiro atoms. The zero-order valence-corrected chi connectivity index (χ0v) is 14.3. The average molecular weight is 321 g/mol. The molecule has 2 atom stereocenters. The van der Waals surface area contributed by atoms with Crippen LogP contribution in [-0.4, -0.2) is 31.0 Å². The molecule has 23 heavy (non-hydrogen) atoms. The monoisotopic (exact) mass is 321 g/mol. The van der Waals surface area contributed by atoms with Gasteiger partial charge in [0.2, 0.25) is 11.8 Å². The Hall–Kier alpha value is -2.08. The molecule has 128 valence electrons. The van der Waals surface area contributed by atoms with E-state index in [1.807, 2.05) is 52.0 Å². The molecule has 1 aromatic carbocycles. The smallest absolute Gasteiger partial charge is 0.239 e. The van der Waals surface area contributed by atoms with E-state index < -0.39 is 6.04 Å². The highest BCUT2D eigenvalue weighted by molar-refractivity contribution is 5.87. The quantitative estimate of drug-likeness (QED) is 0.674. The van der Waals surface area contributed by atoms with E-state index in [1.54, 1.807) is 0 Å². The zero-order chi connectivity index (χ0) is 17.4. The number of hydrogen-bond acceptors (Lipinski definition) is 4. The van der Waals surface area contributed by atoms with Gasteiger partial charge >= 0.3 is 0 Å². The van der Waals surface area contributed by atoms with E-state index in [4.69, 9.17) is 10.5 Å². The standard InChI is InChI=1S/C17H27N3O3/c1-5-23-14-8-6-7-13(9-14)12(4)20-15(21)10-19-17(22)16(18)11(2)3/h6-9,11-12,16H,5,10,18H2,1-4H3,(H,19,22)(H,20,21)/t12?,16-/m0/s1. The van der Waals surface area contributed by atoms with Crippen LogP contribution in [0.2, 0.25) is 0 Å². The van der Waals surface area contributed by atoms with Crippen LogP contribution in [0.5, 0.6) is 5.75 Å². The van der Waals surface area contributed by atoms with Crippen LogP contribution in [-0.2, 0) is 9.59 Å². The third-order valence-corrected chi connectivity index (χ3v) is 3.49. The predicted octanol–water partition coefficient (Wildman–Crippen LogP) is 1.36. The Labute approximate surface area is 137 Å². The molecule has 0 bridgehead atoms. The number of carbonyl (C=O) groups is 2. The summed E-state index contributed by atoms with van der Waals surface area (Å²) in [6.07, 6.45) is 0. The SMILES string of the molecule is CCOc1cccc(C(C)NC(=O)CNC(=O)[C@@H](N)C(C)C)c1. The van der Waals surface area contributed by atoms with Gasteiger partial charge in [0, 0.05) is 0 Å². The molecule has 6 heteroatoms. The molecule has 0 saturated carbocycles. The van der Waals surface area contributed by atoms with Gasteiger partial charge < -0.3 is 21.1 Å². The van der Waals surface area contributed by atoms with Crippen molar-refractivity contribution in [2.45, 2.75) is 39.8 Å². The number of amides is 2. The Balaban J connectivity index is 2.50. The van der Waals surface area contributed by atoms with Crippen LogP contribution in [0, 0.1) is 5.92 Å². The van der Waals surface area contributed by atoms with E-state index in [0.29, 0.717) is 6.61 Å². The van der Waals surface area contributed by atoms with Gasteiger partial charge in [-0.05, 0) is 37.5 Å². The lowest BCUT2D eigenvalue weighted by atomic mass is 10.1. The molecule has 1 aromatic rings. The van der Waals surface area contributed by atoms with Crippen molar-refractivity contribution in [2.24, 2.45) is 11.7 Å². The van der Waals surface area contributed by atoms with Crippen molar-refractivity contribution in [3.05, 3.63) is 29.8 Å². The summed E-state index contributed by atoms with van der Waals surface area (Å²) < 4.78 is 5.45. The molecule has 0 aliphatic rings. The summed E-state index contributed by atoms with van der Waals surface area (Å²) in [6.45, 7) is 8.02. The van der Waals surface area contributed by atoms with E-state index in [0.717, 1.165) is 11.3 Å². The van der Waals surface area contributed by atoms with Crippen LogP contribution >= 0.6 is 0 Å². The number of nitrogens with one attached hydrogen (secondary N) is 2. The normalized spacial score (nSPS) is 13.3. The van der Waals surface area contributed by atoms with E-state index in [2.05, 4.69) is 10.6 Å². The molecule has 6 nitrogen and oxygen atoms in total. The maximum absolute atomic E-state index is 11.9. The second-order valence-electron chi connectivity index (χ2n) is 5.78. The van der Waals surface area contributed by atoms with Crippen molar-refractivity contribution in [2.75, 3.05) is 13.2 Å². The number of hydrogen-bond donors (Lipinski definition) is 3. The first kappa shape index (κ1) is 19.0. The number of benzene rings is 1. The topological polar surface area (TPSA) is 93.5 Å². The van der Waals surface area contributed by atoms with E-state index >= 15 is 0 Å². The van der Waals surface area contributed by atoms with Crippen LogP contribution in [0.15, 0.2) is 24.3 Å². The predicted molar refractivity (Wildman–Crippen MR) is 90.0 cm³/mol. The van der Waals surface area contributed by atoms with Gasteiger partial charge in [-0.1, -0.05) is 26.0 Å². The molecule has 0 aliphatic heterocycles. The number of carbonyl (C=O) groups excluding carboxylic acids is 2. The molecule has 1 unspecified atom stereocenters. The van der Waals surface area contributed by atoms with E-state index in [-0.39, 0.29) is 30.3 Å². The fourth-order valence-corrected chi connectivity index (χ4v) is 2.00. The van der Waals surface area contributed by atoms with Crippen molar-refractivity contribution in [1.29, 1.82) is 0 Å². The Bertz CT molecular complexity index is 532. The summed E-state index contributed by atoms with van der Waals surface area (Å²) in [5.41, 5.74) is 6.67. The van der Waals surface area contributed by atoms with E-state index in [1.165, 1.54) is 0 Å². The molecule has 0 saturated heterocycles. The Kier molecular flexibility index (Phi) is 7.54. The average Bonchev–Trinajstić information content (AvgIpc) is 2.52. The van der Waals surface area contributed by atoms with Crippen LogP contribution in [0.1, 0.15) is 39.3 Å². The number of rotatable bonds is 8. The summed E-state index contributed by atoms with van der Waals surface area (Å²) >= 11 is 0. The maximum Gasteiger partial charge on any atom is 0.239 e. The summed E-state index contributed by atoms with van der Waals surface area (Å²) in [5, 5.41) is 5.39. The fourth-order valence-electron chi connectivity index (χ4n) is 2.00. The largest absolute Gasteiger partial charge is 0.494 e. The molecule has 2 amide bonds. The van der Waals surface area contributed by atoms with Crippen molar-refractivity contribution in [3.63, 3.8) is 0 Å². The summed E-state index contributed by atoms with van der Waals surface area (Å²) in [7, 11) is 0. The lowest BCUT2D eigenvalue weighted by Crippen LogP contribution is -2.47. The van der Waals surface area contributed by atoms with Gasteiger partial charge in [0.05, 0.1) is 25.2 Å². The van der Waals surface area contributed by atoms with Gasteiger partial charge in [0.25, 0.3) is 0 Å². The Morgan fingerprint density at radius 3 is 2.57 bits per heavy atom. The van der Waals surface area contributed by atoms with Gasteiger partial charge in [0.1, 0.15) is 5.75 Å². The second-order valence-corrected chi connectivity index (χ2v) is 5.78. The van der Waals surface area contributed by atoms with Crippen molar-refractivity contribution in [1.82, 2.24) is 10.6 Å². The molecule has 1 rings (SSSR count). The first-order valence-corrected chi connectivity index (χ1v) is 7.90. The molecule has 0 radical (unpaired) electrons. The minimum absolute atomic E-state index is 0.0262. The van der Waals surface area contributed by atoms with Crippen molar-refractivity contribution in [3.8, 4) is 5.75 Å². The molecular formula is C17H27N3O3. The molecular weight excluding hydrogens is 294 g/mol. The number of ether oxygens (including phenoxy) is 1. The van der Waals surface area contributed by atoms with Crippen LogP contribution in [0.4, 0.5) is 0 Å².